The number of nitrogens with zero attached hydrogens (tertiary/aromatic N) is 1. The molecule has 0 spiro atoms. The first-order chi connectivity index (χ1) is 19.7. The summed E-state index contributed by atoms with van der Waals surface area (Å²) in [6, 6.07) is -1.06. The Morgan fingerprint density at radius 1 is 1.09 bits per heavy atom. The summed E-state index contributed by atoms with van der Waals surface area (Å²) >= 11 is 0. The van der Waals surface area contributed by atoms with Crippen LogP contribution in [0.4, 0.5) is 0 Å². The summed E-state index contributed by atoms with van der Waals surface area (Å²) < 4.78 is 84.7. The molecule has 0 aromatic carbocycles. The van der Waals surface area contributed by atoms with Gasteiger partial charge in [-0.1, -0.05) is 0 Å². The van der Waals surface area contributed by atoms with Crippen molar-refractivity contribution in [2.24, 2.45) is 0 Å². The monoisotopic (exact) mass is 687 g/mol. The van der Waals surface area contributed by atoms with Gasteiger partial charge in [-0.2, -0.15) is 12.7 Å². The van der Waals surface area contributed by atoms with Gasteiger partial charge in [0.1, 0.15) is 42.7 Å². The Hall–Kier alpha value is -1.96. The number of ether oxygens (including phenoxy) is 2. The summed E-state index contributed by atoms with van der Waals surface area (Å²) in [6.07, 6.45) is -14.5. The van der Waals surface area contributed by atoms with Crippen molar-refractivity contribution < 1.29 is 84.1 Å². The van der Waals surface area contributed by atoms with Gasteiger partial charge in [-0.25, -0.2) is 18.1 Å². The fourth-order valence-corrected chi connectivity index (χ4v) is 6.68. The molecule has 11 unspecified atom stereocenters. The van der Waals surface area contributed by atoms with Gasteiger partial charge in [-0.15, -0.1) is 0 Å². The summed E-state index contributed by atoms with van der Waals surface area (Å²) in [4.78, 5) is 56.7. The molecule has 2 saturated heterocycles. The summed E-state index contributed by atoms with van der Waals surface area (Å²) in [7, 11) is -16.7. The molecular weight excluding hydrogens is 660 g/mol. The number of hydrogen-bond donors (Lipinski definition) is 9. The van der Waals surface area contributed by atoms with E-state index in [9.17, 15) is 62.1 Å². The number of aromatic nitrogens is 2. The molecule has 0 radical (unpaired) electrons. The van der Waals surface area contributed by atoms with Crippen molar-refractivity contribution in [2.75, 3.05) is 13.2 Å². The van der Waals surface area contributed by atoms with Crippen molar-refractivity contribution in [3.05, 3.63) is 33.1 Å². The van der Waals surface area contributed by atoms with Crippen LogP contribution in [-0.4, -0.2) is 121 Å². The maximum atomic E-state index is 12.6. The second kappa shape index (κ2) is 13.6. The minimum atomic E-state index is -5.79. The first kappa shape index (κ1) is 35.5. The number of aliphatic hydroxyl groups excluding tert-OH is 4. The number of aliphatic hydroxyl groups is 4. The fourth-order valence-electron chi connectivity index (χ4n) is 4.00. The van der Waals surface area contributed by atoms with Gasteiger partial charge >= 0.3 is 31.7 Å². The fraction of sp³-hybridized carbons (Fsp3) is 0.706. The topological polar surface area (TPSA) is 349 Å². The number of phosphoric ester groups is 2. The number of amides is 1. The molecule has 2 aliphatic heterocycles. The predicted octanol–water partition coefficient (Wildman–Crippen LogP) is -4.82. The maximum Gasteiger partial charge on any atom is 0.483 e. The molecule has 1 amide bonds. The minimum Gasteiger partial charge on any atom is -0.394 e. The molecule has 11 atom stereocenters. The molecule has 0 aliphatic carbocycles. The van der Waals surface area contributed by atoms with Gasteiger partial charge in [-0.05, 0) is 0 Å². The van der Waals surface area contributed by atoms with Crippen LogP contribution in [0.15, 0.2) is 21.9 Å². The van der Waals surface area contributed by atoms with Gasteiger partial charge in [0.25, 0.3) is 5.56 Å². The normalized spacial score (nSPS) is 34.3. The van der Waals surface area contributed by atoms with Crippen LogP contribution >= 0.6 is 15.6 Å². The SMILES string of the molecule is CC(=O)NC1C(OP(=O)(O)OP(=O)(O)OCC2OC(n3ccc(=O)[nH]c3=O)C(O)C2O)OC(CO)C(OS(=O)(=O)O)C1O. The van der Waals surface area contributed by atoms with E-state index in [1.54, 1.807) is 0 Å². The van der Waals surface area contributed by atoms with E-state index in [0.717, 1.165) is 19.2 Å². The molecule has 3 rings (SSSR count). The average Bonchev–Trinajstić information content (AvgIpc) is 3.13. The van der Waals surface area contributed by atoms with E-state index in [1.807, 2.05) is 10.3 Å². The van der Waals surface area contributed by atoms with Crippen LogP contribution in [-0.2, 0) is 51.3 Å². The summed E-state index contributed by atoms with van der Waals surface area (Å²) in [5.74, 6) is -0.945. The zero-order valence-electron chi connectivity index (χ0n) is 21.5. The summed E-state index contributed by atoms with van der Waals surface area (Å²) in [5.41, 5.74) is -1.82. The highest BCUT2D eigenvalue weighted by Crippen LogP contribution is 2.61. The smallest absolute Gasteiger partial charge is 0.394 e. The Morgan fingerprint density at radius 2 is 1.74 bits per heavy atom. The molecule has 246 valence electrons. The number of nitrogens with one attached hydrogen (secondary N) is 2. The van der Waals surface area contributed by atoms with Crippen LogP contribution < -0.4 is 16.6 Å². The number of rotatable bonds is 12. The summed E-state index contributed by atoms with van der Waals surface area (Å²) in [5, 5.41) is 42.4. The van der Waals surface area contributed by atoms with E-state index >= 15 is 0 Å². The zero-order chi connectivity index (χ0) is 32.5. The quantitative estimate of drug-likeness (QED) is 0.0735. The van der Waals surface area contributed by atoms with Crippen molar-refractivity contribution in [1.29, 1.82) is 0 Å². The Morgan fingerprint density at radius 3 is 2.30 bits per heavy atom. The molecule has 1 aromatic rings. The van der Waals surface area contributed by atoms with Crippen LogP contribution in [0.5, 0.6) is 0 Å². The number of phosphoric acid groups is 2. The van der Waals surface area contributed by atoms with Crippen LogP contribution in [0, 0.1) is 0 Å². The third kappa shape index (κ3) is 9.27. The van der Waals surface area contributed by atoms with Crippen LogP contribution in [0.2, 0.25) is 0 Å². The van der Waals surface area contributed by atoms with E-state index < -0.39 is 112 Å². The van der Waals surface area contributed by atoms with Gasteiger partial charge in [-0.3, -0.25) is 32.7 Å². The maximum absolute atomic E-state index is 12.6. The molecule has 9 N–H and O–H groups in total. The molecular formula is C17H27N3O20P2S. The molecule has 43 heavy (non-hydrogen) atoms. The molecule has 26 heteroatoms. The molecule has 3 heterocycles. The lowest BCUT2D eigenvalue weighted by atomic mass is 9.97. The highest BCUT2D eigenvalue weighted by molar-refractivity contribution is 7.80. The predicted molar refractivity (Wildman–Crippen MR) is 131 cm³/mol. The highest BCUT2D eigenvalue weighted by Gasteiger charge is 2.52. The van der Waals surface area contributed by atoms with Crippen molar-refractivity contribution >= 4 is 32.0 Å². The van der Waals surface area contributed by atoms with Crippen molar-refractivity contribution in [2.45, 2.75) is 62.1 Å². The molecule has 1 aromatic heterocycles. The number of hydrogen-bond acceptors (Lipinski definition) is 17. The Labute approximate surface area is 239 Å². The van der Waals surface area contributed by atoms with Gasteiger partial charge in [0.15, 0.2) is 12.5 Å². The molecule has 2 fully saturated rings. The number of carbonyl (C=O) groups is 1. The molecule has 2 aliphatic rings. The second-order valence-corrected chi connectivity index (χ2v) is 13.0. The molecule has 0 bridgehead atoms. The van der Waals surface area contributed by atoms with Crippen LogP contribution in [0.3, 0.4) is 0 Å². The zero-order valence-corrected chi connectivity index (χ0v) is 24.1. The number of carbonyl (C=O) groups excluding carboxylic acids is 1. The van der Waals surface area contributed by atoms with E-state index in [2.05, 4.69) is 17.5 Å². The Balaban J connectivity index is 1.70. The van der Waals surface area contributed by atoms with Gasteiger partial charge in [0.2, 0.25) is 5.91 Å². The average molecular weight is 687 g/mol. The van der Waals surface area contributed by atoms with E-state index in [-0.39, 0.29) is 0 Å². The third-order valence-electron chi connectivity index (χ3n) is 5.76. The lowest BCUT2D eigenvalue weighted by Crippen LogP contribution is -2.65. The molecule has 23 nitrogen and oxygen atoms in total. The third-order valence-corrected chi connectivity index (χ3v) is 8.83. The van der Waals surface area contributed by atoms with Crippen LogP contribution in [0.25, 0.3) is 0 Å². The second-order valence-electron chi connectivity index (χ2n) is 8.91. The minimum absolute atomic E-state index is 0.690. The number of aromatic amines is 1. The number of H-pyrrole nitrogens is 1. The Kier molecular flexibility index (Phi) is 11.2. The van der Waals surface area contributed by atoms with Gasteiger partial charge < -0.3 is 45.0 Å². The van der Waals surface area contributed by atoms with Gasteiger partial charge in [0.05, 0.1) is 13.2 Å². The van der Waals surface area contributed by atoms with Crippen molar-refractivity contribution in [3.63, 3.8) is 0 Å². The summed E-state index contributed by atoms with van der Waals surface area (Å²) in [6.45, 7) is -1.36. The lowest BCUT2D eigenvalue weighted by molar-refractivity contribution is -0.242. The lowest BCUT2D eigenvalue weighted by Gasteiger charge is -2.43. The molecule has 0 saturated carbocycles. The van der Waals surface area contributed by atoms with E-state index in [1.165, 1.54) is 0 Å². The van der Waals surface area contributed by atoms with Crippen molar-refractivity contribution in [1.82, 2.24) is 14.9 Å². The largest absolute Gasteiger partial charge is 0.483 e. The highest BCUT2D eigenvalue weighted by atomic mass is 32.3. The first-order valence-electron chi connectivity index (χ1n) is 11.6. The standard InChI is InChI=1S/C17H27N3O20P2S/c1-6(22)18-10-12(25)14(39-43(32,33)34)7(4-21)37-16(10)38-42(30,31)40-41(28,29)35-5-8-11(24)13(26)15(36-8)20-3-2-9(23)19-17(20)27/h2-3,7-8,10-16,21,24-26H,4-5H2,1H3,(H,18,22)(H,28,29)(H,30,31)(H,19,23,27)(H,32,33,34). The Bertz CT molecular complexity index is 1480. The van der Waals surface area contributed by atoms with Gasteiger partial charge in [0, 0.05) is 19.2 Å². The first-order valence-corrected chi connectivity index (χ1v) is 16.0. The van der Waals surface area contributed by atoms with E-state index in [4.69, 9.17) is 14.0 Å². The van der Waals surface area contributed by atoms with Crippen LogP contribution in [0.1, 0.15) is 13.2 Å². The van der Waals surface area contributed by atoms with Crippen molar-refractivity contribution in [3.8, 4) is 0 Å². The van der Waals surface area contributed by atoms with E-state index in [0.29, 0.717) is 4.57 Å².